The van der Waals surface area contributed by atoms with E-state index in [0.29, 0.717) is 30.4 Å². The number of hydrogen-bond acceptors (Lipinski definition) is 1. The van der Waals surface area contributed by atoms with E-state index < -0.39 is 23.2 Å². The summed E-state index contributed by atoms with van der Waals surface area (Å²) < 4.78 is 51.1. The summed E-state index contributed by atoms with van der Waals surface area (Å²) in [6, 6.07) is 5.26. The van der Waals surface area contributed by atoms with Gasteiger partial charge in [0.1, 0.15) is 5.82 Å². The molecule has 0 N–H and O–H groups in total. The maximum atomic E-state index is 12.9. The minimum absolute atomic E-state index is 0.0946. The summed E-state index contributed by atoms with van der Waals surface area (Å²) >= 11 is 0. The number of rotatable bonds is 2. The molecule has 0 heterocycles. The fourth-order valence-electron chi connectivity index (χ4n) is 3.18. The van der Waals surface area contributed by atoms with Crippen molar-refractivity contribution in [3.05, 3.63) is 41.2 Å². The van der Waals surface area contributed by atoms with Gasteiger partial charge >= 0.3 is 6.18 Å². The van der Waals surface area contributed by atoms with Gasteiger partial charge in [-0.1, -0.05) is 18.6 Å². The molecule has 1 spiro atoms. The first-order valence-electron chi connectivity index (χ1n) is 6.45. The molecule has 1 aromatic carbocycles. The Morgan fingerprint density at radius 1 is 1.10 bits per heavy atom. The molecule has 0 saturated heterocycles. The van der Waals surface area contributed by atoms with Gasteiger partial charge in [0.25, 0.3) is 5.78 Å². The zero-order valence-electron chi connectivity index (χ0n) is 10.6. The number of hydrogen-bond donors (Lipinski definition) is 0. The average Bonchev–Trinajstić information content (AvgIpc) is 2.27. The molecular formula is C15H12F4O. The molecule has 1 nitrogen and oxygen atoms in total. The maximum absolute atomic E-state index is 12.9. The number of allylic oxidation sites excluding steroid dienone is 2. The molecule has 0 aromatic heterocycles. The van der Waals surface area contributed by atoms with Crippen LogP contribution in [0.2, 0.25) is 0 Å². The van der Waals surface area contributed by atoms with Gasteiger partial charge in [0.05, 0.1) is 0 Å². The van der Waals surface area contributed by atoms with Crippen LogP contribution in [0.25, 0.3) is 5.57 Å². The number of Topliss-reactive ketones (excluding diaryl/α,β-unsaturated/α-hetero) is 1. The molecule has 2 aliphatic carbocycles. The molecule has 20 heavy (non-hydrogen) atoms. The number of carbonyl (C=O) groups excluding carboxylic acids is 1. The van der Waals surface area contributed by atoms with Gasteiger partial charge in [-0.3, -0.25) is 4.79 Å². The van der Waals surface area contributed by atoms with Crippen molar-refractivity contribution in [2.75, 3.05) is 0 Å². The second-order valence-corrected chi connectivity index (χ2v) is 5.50. The normalized spacial score (nSPS) is 20.6. The summed E-state index contributed by atoms with van der Waals surface area (Å²) in [5, 5.41) is 0. The van der Waals surface area contributed by atoms with Crippen LogP contribution in [0.15, 0.2) is 29.8 Å². The van der Waals surface area contributed by atoms with E-state index in [0.717, 1.165) is 6.42 Å². The highest BCUT2D eigenvalue weighted by Crippen LogP contribution is 2.63. The second-order valence-electron chi connectivity index (χ2n) is 5.50. The van der Waals surface area contributed by atoms with Crippen LogP contribution in [-0.2, 0) is 4.79 Å². The maximum Gasteiger partial charge on any atom is 0.454 e. The summed E-state index contributed by atoms with van der Waals surface area (Å²) in [5.74, 6) is -2.18. The largest absolute Gasteiger partial charge is 0.454 e. The van der Waals surface area contributed by atoms with Gasteiger partial charge in [-0.15, -0.1) is 0 Å². The minimum Gasteiger partial charge on any atom is -0.284 e. The van der Waals surface area contributed by atoms with Crippen LogP contribution in [0.3, 0.4) is 0 Å². The Morgan fingerprint density at radius 3 is 2.15 bits per heavy atom. The van der Waals surface area contributed by atoms with E-state index >= 15 is 0 Å². The third kappa shape index (κ3) is 1.87. The summed E-state index contributed by atoms with van der Waals surface area (Å²) in [4.78, 5) is 11.6. The molecule has 0 radical (unpaired) electrons. The average molecular weight is 284 g/mol. The van der Waals surface area contributed by atoms with E-state index in [-0.39, 0.29) is 5.57 Å². The van der Waals surface area contributed by atoms with Crippen LogP contribution in [0.5, 0.6) is 0 Å². The molecule has 0 amide bonds. The Hall–Kier alpha value is -1.65. The molecule has 0 aliphatic heterocycles. The fourth-order valence-corrected chi connectivity index (χ4v) is 3.18. The third-order valence-electron chi connectivity index (χ3n) is 4.34. The Balaban J connectivity index is 2.04. The Bertz CT molecular complexity index is 591. The van der Waals surface area contributed by atoms with E-state index in [1.54, 1.807) is 0 Å². The highest BCUT2D eigenvalue weighted by Gasteiger charge is 2.57. The standard InChI is InChI=1S/C15H12F4O/c16-10-4-2-9(3-5-10)11-8-14(6-1-7-14)12(11)13(20)15(17,18)19/h2-5H,1,6-8H2. The molecule has 3 rings (SSSR count). The fraction of sp³-hybridized carbons (Fsp3) is 0.400. The lowest BCUT2D eigenvalue weighted by Gasteiger charge is -2.52. The number of carbonyl (C=O) groups is 1. The number of halogens is 4. The van der Waals surface area contributed by atoms with Gasteiger partial charge in [0, 0.05) is 11.0 Å². The van der Waals surface area contributed by atoms with Crippen molar-refractivity contribution < 1.29 is 22.4 Å². The van der Waals surface area contributed by atoms with E-state index in [1.165, 1.54) is 24.3 Å². The van der Waals surface area contributed by atoms with Crippen molar-refractivity contribution >= 4 is 11.4 Å². The van der Waals surface area contributed by atoms with Gasteiger partial charge in [0.15, 0.2) is 0 Å². The summed E-state index contributed by atoms with van der Waals surface area (Å²) in [5.41, 5.74) is 0.266. The lowest BCUT2D eigenvalue weighted by atomic mass is 9.51. The van der Waals surface area contributed by atoms with Crippen LogP contribution in [0, 0.1) is 11.2 Å². The van der Waals surface area contributed by atoms with E-state index in [1.807, 2.05) is 0 Å². The molecule has 5 heteroatoms. The van der Waals surface area contributed by atoms with Crippen LogP contribution in [0.1, 0.15) is 31.2 Å². The third-order valence-corrected chi connectivity index (χ3v) is 4.34. The quantitative estimate of drug-likeness (QED) is 0.741. The molecule has 0 atom stereocenters. The monoisotopic (exact) mass is 284 g/mol. The Morgan fingerprint density at radius 2 is 1.70 bits per heavy atom. The van der Waals surface area contributed by atoms with Crippen LogP contribution < -0.4 is 0 Å². The van der Waals surface area contributed by atoms with Crippen LogP contribution in [0.4, 0.5) is 17.6 Å². The van der Waals surface area contributed by atoms with Gasteiger partial charge in [0.2, 0.25) is 0 Å². The summed E-state index contributed by atoms with van der Waals surface area (Å²) in [7, 11) is 0. The second kappa shape index (κ2) is 4.17. The van der Waals surface area contributed by atoms with Crippen LogP contribution in [-0.4, -0.2) is 12.0 Å². The van der Waals surface area contributed by atoms with E-state index in [4.69, 9.17) is 0 Å². The van der Waals surface area contributed by atoms with Crippen molar-refractivity contribution in [1.29, 1.82) is 0 Å². The Labute approximate surface area is 113 Å². The molecule has 0 unspecified atom stereocenters. The minimum atomic E-state index is -4.84. The van der Waals surface area contributed by atoms with Gasteiger partial charge < -0.3 is 0 Å². The van der Waals surface area contributed by atoms with Gasteiger partial charge in [-0.2, -0.15) is 13.2 Å². The smallest absolute Gasteiger partial charge is 0.284 e. The Kier molecular flexibility index (Phi) is 2.78. The molecule has 1 aromatic rings. The first kappa shape index (κ1) is 13.3. The highest BCUT2D eigenvalue weighted by atomic mass is 19.4. The zero-order chi connectivity index (χ0) is 14.5. The summed E-state index contributed by atoms with van der Waals surface area (Å²) in [6.45, 7) is 0. The molecule has 106 valence electrons. The number of benzene rings is 1. The SMILES string of the molecule is O=C(C1=C(c2ccc(F)cc2)CC12CCC2)C(F)(F)F. The summed E-state index contributed by atoms with van der Waals surface area (Å²) in [6.07, 6.45) is -2.24. The predicted octanol–water partition coefficient (Wildman–Crippen LogP) is 4.28. The number of alkyl halides is 3. The molecule has 1 saturated carbocycles. The predicted molar refractivity (Wildman–Crippen MR) is 65.3 cm³/mol. The first-order valence-corrected chi connectivity index (χ1v) is 6.45. The molecular weight excluding hydrogens is 272 g/mol. The van der Waals surface area contributed by atoms with Crippen molar-refractivity contribution in [1.82, 2.24) is 0 Å². The van der Waals surface area contributed by atoms with Crippen molar-refractivity contribution in [2.24, 2.45) is 5.41 Å². The number of ketones is 1. The van der Waals surface area contributed by atoms with Crippen LogP contribution >= 0.6 is 0 Å². The van der Waals surface area contributed by atoms with Crippen molar-refractivity contribution in [2.45, 2.75) is 31.9 Å². The first-order chi connectivity index (χ1) is 9.33. The van der Waals surface area contributed by atoms with E-state index in [9.17, 15) is 22.4 Å². The molecule has 2 aliphatic rings. The molecule has 0 bridgehead atoms. The van der Waals surface area contributed by atoms with E-state index in [2.05, 4.69) is 0 Å². The van der Waals surface area contributed by atoms with Crippen molar-refractivity contribution in [3.63, 3.8) is 0 Å². The lowest BCUT2D eigenvalue weighted by Crippen LogP contribution is -2.46. The van der Waals surface area contributed by atoms with Gasteiger partial charge in [-0.25, -0.2) is 4.39 Å². The highest BCUT2D eigenvalue weighted by molar-refractivity contribution is 6.10. The molecule has 1 fully saturated rings. The topological polar surface area (TPSA) is 17.1 Å². The van der Waals surface area contributed by atoms with Crippen molar-refractivity contribution in [3.8, 4) is 0 Å². The zero-order valence-corrected chi connectivity index (χ0v) is 10.6. The lowest BCUT2D eigenvalue weighted by molar-refractivity contribution is -0.169. The van der Waals surface area contributed by atoms with Gasteiger partial charge in [-0.05, 0) is 42.5 Å².